The lowest BCUT2D eigenvalue weighted by Crippen LogP contribution is -2.12. The topological polar surface area (TPSA) is 73.0 Å². The minimum atomic E-state index is -0.303. The summed E-state index contributed by atoms with van der Waals surface area (Å²) in [5, 5.41) is 8.84. The maximum absolute atomic E-state index is 12.7. The number of carbonyl (C=O) groups excluding carboxylic acids is 1. The highest BCUT2D eigenvalue weighted by atomic mass is 32.1. The third kappa shape index (κ3) is 3.14. The molecule has 7 heteroatoms. The van der Waals surface area contributed by atoms with Gasteiger partial charge in [-0.3, -0.25) is 4.79 Å². The number of benzene rings is 1. The Morgan fingerprint density at radius 1 is 1.18 bits per heavy atom. The number of aromatic nitrogens is 3. The molecule has 6 nitrogen and oxygen atoms in total. The smallest absolute Gasteiger partial charge is 0.277 e. The lowest BCUT2D eigenvalue weighted by atomic mass is 10.1. The summed E-state index contributed by atoms with van der Waals surface area (Å²) in [7, 11) is 0. The van der Waals surface area contributed by atoms with Crippen LogP contribution in [0.2, 0.25) is 0 Å². The van der Waals surface area contributed by atoms with Crippen LogP contribution in [0.3, 0.4) is 0 Å². The number of para-hydroxylation sites is 1. The van der Waals surface area contributed by atoms with E-state index in [0.29, 0.717) is 11.4 Å². The Labute approximate surface area is 165 Å². The molecular formula is C21H18N4O2S. The number of hydrogen-bond donors (Lipinski definition) is 1. The number of anilines is 1. The predicted octanol–water partition coefficient (Wildman–Crippen LogP) is 4.86. The number of hydrogen-bond acceptors (Lipinski definition) is 5. The van der Waals surface area contributed by atoms with Crippen LogP contribution in [0, 0.1) is 0 Å². The Hall–Kier alpha value is -3.19. The lowest BCUT2D eigenvalue weighted by molar-refractivity contribution is 0.101. The molecule has 4 aromatic rings. The van der Waals surface area contributed by atoms with Crippen LogP contribution in [-0.2, 0) is 13.0 Å². The first-order valence-corrected chi connectivity index (χ1v) is 10.1. The summed E-state index contributed by atoms with van der Waals surface area (Å²) >= 11 is 1.54. The molecule has 28 heavy (non-hydrogen) atoms. The van der Waals surface area contributed by atoms with Gasteiger partial charge in [0.25, 0.3) is 5.91 Å². The average Bonchev–Trinajstić information content (AvgIpc) is 3.47. The molecule has 0 bridgehead atoms. The molecule has 0 fully saturated rings. The van der Waals surface area contributed by atoms with Crippen molar-refractivity contribution in [3.63, 3.8) is 0 Å². The van der Waals surface area contributed by atoms with Gasteiger partial charge in [0.1, 0.15) is 5.82 Å². The van der Waals surface area contributed by atoms with Crippen molar-refractivity contribution >= 4 is 22.9 Å². The minimum absolute atomic E-state index is 0.252. The van der Waals surface area contributed by atoms with Crippen LogP contribution < -0.4 is 5.32 Å². The monoisotopic (exact) mass is 390 g/mol. The van der Waals surface area contributed by atoms with Crippen LogP contribution >= 0.6 is 11.3 Å². The number of aryl methyl sites for hydroxylation is 2. The van der Waals surface area contributed by atoms with Crippen molar-refractivity contribution in [2.24, 2.45) is 0 Å². The summed E-state index contributed by atoms with van der Waals surface area (Å²) < 4.78 is 7.53. The van der Waals surface area contributed by atoms with Gasteiger partial charge < -0.3 is 14.4 Å². The predicted molar refractivity (Wildman–Crippen MR) is 108 cm³/mol. The number of rotatable bonds is 4. The highest BCUT2D eigenvalue weighted by Gasteiger charge is 2.18. The fourth-order valence-corrected chi connectivity index (χ4v) is 4.13. The van der Waals surface area contributed by atoms with Gasteiger partial charge in [-0.05, 0) is 30.4 Å². The number of nitrogens with zero attached hydrogens (tertiary/aromatic N) is 3. The molecule has 140 valence electrons. The summed E-state index contributed by atoms with van der Waals surface area (Å²) in [5.41, 5.74) is 2.75. The zero-order valence-electron chi connectivity index (χ0n) is 15.1. The second-order valence-corrected chi connectivity index (χ2v) is 7.69. The van der Waals surface area contributed by atoms with E-state index in [0.717, 1.165) is 34.9 Å². The first-order valence-electron chi connectivity index (χ1n) is 9.25. The fourth-order valence-electron chi connectivity index (χ4n) is 3.46. The van der Waals surface area contributed by atoms with E-state index in [9.17, 15) is 4.79 Å². The van der Waals surface area contributed by atoms with Crippen LogP contribution in [-0.4, -0.2) is 20.6 Å². The van der Waals surface area contributed by atoms with Crippen LogP contribution in [0.25, 0.3) is 21.9 Å². The summed E-state index contributed by atoms with van der Waals surface area (Å²) in [4.78, 5) is 18.4. The number of amides is 1. The summed E-state index contributed by atoms with van der Waals surface area (Å²) in [6, 6.07) is 13.2. The maximum atomic E-state index is 12.7. The molecule has 3 aromatic heterocycles. The van der Waals surface area contributed by atoms with E-state index < -0.39 is 0 Å². The lowest BCUT2D eigenvalue weighted by Gasteiger charge is -2.11. The van der Waals surface area contributed by atoms with Crippen LogP contribution in [0.15, 0.2) is 58.6 Å². The van der Waals surface area contributed by atoms with Crippen molar-refractivity contribution in [2.45, 2.75) is 25.8 Å². The van der Waals surface area contributed by atoms with Gasteiger partial charge in [0, 0.05) is 30.8 Å². The molecule has 0 unspecified atom stereocenters. The summed E-state index contributed by atoms with van der Waals surface area (Å²) in [6.07, 6.45) is 5.43. The standard InChI is InChI=1S/C21H18N4O2S/c26-21(16-12-18(27-24-16)19-8-5-11-28-19)23-15-7-2-1-6-14(15)17-13-25-10-4-3-9-20(25)22-17/h1-2,5-8,11-13H,3-4,9-10H2,(H,23,26). The van der Waals surface area contributed by atoms with E-state index in [1.54, 1.807) is 17.4 Å². The summed E-state index contributed by atoms with van der Waals surface area (Å²) in [6.45, 7) is 1.00. The van der Waals surface area contributed by atoms with Crippen molar-refractivity contribution in [1.29, 1.82) is 0 Å². The van der Waals surface area contributed by atoms with Crippen molar-refractivity contribution in [3.05, 3.63) is 65.6 Å². The molecule has 5 rings (SSSR count). The number of thiophene rings is 1. The van der Waals surface area contributed by atoms with Gasteiger partial charge in [0.15, 0.2) is 11.5 Å². The molecule has 1 N–H and O–H groups in total. The molecular weight excluding hydrogens is 372 g/mol. The van der Waals surface area contributed by atoms with E-state index in [-0.39, 0.29) is 11.6 Å². The molecule has 0 aliphatic carbocycles. The van der Waals surface area contributed by atoms with E-state index in [2.05, 4.69) is 21.2 Å². The molecule has 0 saturated carbocycles. The zero-order valence-corrected chi connectivity index (χ0v) is 15.9. The van der Waals surface area contributed by atoms with E-state index in [4.69, 9.17) is 9.51 Å². The quantitative estimate of drug-likeness (QED) is 0.540. The number of carbonyl (C=O) groups is 1. The Kier molecular flexibility index (Phi) is 4.29. The van der Waals surface area contributed by atoms with Crippen LogP contribution in [0.5, 0.6) is 0 Å². The average molecular weight is 390 g/mol. The molecule has 0 spiro atoms. The van der Waals surface area contributed by atoms with E-state index in [1.165, 1.54) is 12.8 Å². The molecule has 0 saturated heterocycles. The first kappa shape index (κ1) is 16.9. The van der Waals surface area contributed by atoms with Gasteiger partial charge in [0.05, 0.1) is 16.3 Å². The third-order valence-corrected chi connectivity index (χ3v) is 5.75. The van der Waals surface area contributed by atoms with Crippen LogP contribution in [0.4, 0.5) is 5.69 Å². The Morgan fingerprint density at radius 3 is 2.96 bits per heavy atom. The number of fused-ring (bicyclic) bond motifs is 1. The Balaban J connectivity index is 1.41. The molecule has 0 radical (unpaired) electrons. The molecule has 1 aliphatic rings. The molecule has 0 atom stereocenters. The molecule has 1 amide bonds. The van der Waals surface area contributed by atoms with Gasteiger partial charge in [-0.2, -0.15) is 0 Å². The third-order valence-electron chi connectivity index (χ3n) is 4.87. The van der Waals surface area contributed by atoms with Crippen molar-refractivity contribution < 1.29 is 9.32 Å². The second-order valence-electron chi connectivity index (χ2n) is 6.75. The number of nitrogens with one attached hydrogen (secondary N) is 1. The largest absolute Gasteiger partial charge is 0.355 e. The van der Waals surface area contributed by atoms with Crippen molar-refractivity contribution in [3.8, 4) is 21.9 Å². The van der Waals surface area contributed by atoms with Gasteiger partial charge >= 0.3 is 0 Å². The Bertz CT molecular complexity index is 1100. The van der Waals surface area contributed by atoms with Gasteiger partial charge in [-0.15, -0.1) is 11.3 Å². The van der Waals surface area contributed by atoms with Gasteiger partial charge in [0.2, 0.25) is 0 Å². The SMILES string of the molecule is O=C(Nc1ccccc1-c1cn2c(n1)CCCC2)c1cc(-c2cccs2)on1. The van der Waals surface area contributed by atoms with Gasteiger partial charge in [-0.25, -0.2) is 4.98 Å². The molecule has 1 aromatic carbocycles. The summed E-state index contributed by atoms with van der Waals surface area (Å²) in [5.74, 6) is 1.40. The highest BCUT2D eigenvalue weighted by molar-refractivity contribution is 7.13. The Morgan fingerprint density at radius 2 is 2.11 bits per heavy atom. The maximum Gasteiger partial charge on any atom is 0.277 e. The minimum Gasteiger partial charge on any atom is -0.355 e. The van der Waals surface area contributed by atoms with Crippen molar-refractivity contribution in [1.82, 2.24) is 14.7 Å². The molecule has 1 aliphatic heterocycles. The van der Waals surface area contributed by atoms with Gasteiger partial charge in [-0.1, -0.05) is 29.4 Å². The first-order chi connectivity index (χ1) is 13.8. The zero-order chi connectivity index (χ0) is 18.9. The van der Waals surface area contributed by atoms with E-state index >= 15 is 0 Å². The second kappa shape index (κ2) is 7.09. The van der Waals surface area contributed by atoms with Crippen LogP contribution in [0.1, 0.15) is 29.2 Å². The fraction of sp³-hybridized carbons (Fsp3) is 0.190. The normalized spacial score (nSPS) is 13.3. The highest BCUT2D eigenvalue weighted by Crippen LogP contribution is 2.30. The number of imidazole rings is 1. The van der Waals surface area contributed by atoms with Crippen molar-refractivity contribution in [2.75, 3.05) is 5.32 Å². The van der Waals surface area contributed by atoms with E-state index in [1.807, 2.05) is 41.8 Å². The molecule has 4 heterocycles.